The van der Waals surface area contributed by atoms with Crippen LogP contribution in [0.25, 0.3) is 0 Å². The van der Waals surface area contributed by atoms with E-state index < -0.39 is 23.4 Å². The normalized spacial score (nSPS) is 12.7. The highest BCUT2D eigenvalue weighted by molar-refractivity contribution is 7.98. The van der Waals surface area contributed by atoms with E-state index >= 15 is 0 Å². The van der Waals surface area contributed by atoms with Crippen LogP contribution in [-0.4, -0.2) is 34.6 Å². The zero-order valence-corrected chi connectivity index (χ0v) is 17.2. The van der Waals surface area contributed by atoms with Gasteiger partial charge in [0, 0.05) is 22.7 Å². The van der Waals surface area contributed by atoms with Crippen molar-refractivity contribution < 1.29 is 19.2 Å². The Kier molecular flexibility index (Phi) is 6.54. The second kappa shape index (κ2) is 9.11. The van der Waals surface area contributed by atoms with Crippen molar-refractivity contribution in [1.29, 1.82) is 5.26 Å². The number of amides is 1. The van der Waals surface area contributed by atoms with Crippen molar-refractivity contribution in [3.8, 4) is 6.07 Å². The van der Waals surface area contributed by atoms with Crippen molar-refractivity contribution in [3.05, 3.63) is 56.2 Å². The maximum atomic E-state index is 12.5. The first-order chi connectivity index (χ1) is 14.3. The molecule has 1 aliphatic rings. The van der Waals surface area contributed by atoms with E-state index in [4.69, 9.17) is 16.3 Å². The molecular weight excluding hydrogens is 432 g/mol. The number of benzene rings is 1. The average Bonchev–Trinajstić information content (AvgIpc) is 3.57. The zero-order chi connectivity index (χ0) is 21.8. The number of nitro benzene ring substituents is 1. The summed E-state index contributed by atoms with van der Waals surface area (Å²) in [5.41, 5.74) is 0.385. The van der Waals surface area contributed by atoms with Gasteiger partial charge in [0.2, 0.25) is 0 Å². The third-order valence-corrected chi connectivity index (χ3v) is 5.21. The molecule has 0 unspecified atom stereocenters. The molecule has 1 heterocycles. The monoisotopic (exact) mass is 446 g/mol. The van der Waals surface area contributed by atoms with E-state index in [2.05, 4.69) is 10.3 Å². The van der Waals surface area contributed by atoms with E-state index in [1.165, 1.54) is 30.0 Å². The minimum Gasteiger partial charge on any atom is -0.452 e. The molecule has 0 aliphatic heterocycles. The Morgan fingerprint density at radius 3 is 2.77 bits per heavy atom. The van der Waals surface area contributed by atoms with Gasteiger partial charge in [-0.1, -0.05) is 11.6 Å². The SMILES string of the molecule is CSc1nc(C2CC2)cc(C(=O)OCC(=O)Nc2ccc(Cl)cc2[N+](=O)[O-])c1C#N. The van der Waals surface area contributed by atoms with Gasteiger partial charge in [-0.25, -0.2) is 9.78 Å². The number of esters is 1. The highest BCUT2D eigenvalue weighted by atomic mass is 35.5. The Hall–Kier alpha value is -3.16. The Bertz CT molecular complexity index is 1080. The molecule has 0 spiro atoms. The Morgan fingerprint density at radius 1 is 1.43 bits per heavy atom. The number of nitrogens with zero attached hydrogens (tertiary/aromatic N) is 3. The molecule has 2 aromatic rings. The van der Waals surface area contributed by atoms with Crippen LogP contribution in [0.2, 0.25) is 5.02 Å². The largest absolute Gasteiger partial charge is 0.452 e. The Labute approximate surface area is 180 Å². The number of thioether (sulfide) groups is 1. The van der Waals surface area contributed by atoms with Crippen molar-refractivity contribution in [3.63, 3.8) is 0 Å². The summed E-state index contributed by atoms with van der Waals surface area (Å²) in [7, 11) is 0. The van der Waals surface area contributed by atoms with E-state index in [0.29, 0.717) is 10.7 Å². The summed E-state index contributed by atoms with van der Waals surface area (Å²) in [6.45, 7) is -0.681. The Morgan fingerprint density at radius 2 is 2.17 bits per heavy atom. The number of nitro groups is 1. The molecule has 0 saturated heterocycles. The lowest BCUT2D eigenvalue weighted by molar-refractivity contribution is -0.383. The van der Waals surface area contributed by atoms with Crippen molar-refractivity contribution in [1.82, 2.24) is 4.98 Å². The molecule has 1 aromatic carbocycles. The van der Waals surface area contributed by atoms with Gasteiger partial charge in [0.1, 0.15) is 16.8 Å². The number of rotatable bonds is 7. The molecule has 1 amide bonds. The Balaban J connectivity index is 1.73. The zero-order valence-electron chi connectivity index (χ0n) is 15.7. The molecule has 30 heavy (non-hydrogen) atoms. The van der Waals surface area contributed by atoms with Crippen LogP contribution in [0.5, 0.6) is 0 Å². The van der Waals surface area contributed by atoms with E-state index in [0.717, 1.165) is 18.9 Å². The second-order valence-electron chi connectivity index (χ2n) is 6.41. The van der Waals surface area contributed by atoms with Gasteiger partial charge < -0.3 is 10.1 Å². The summed E-state index contributed by atoms with van der Waals surface area (Å²) in [6.07, 6.45) is 3.68. The molecule has 1 fully saturated rings. The molecule has 1 N–H and O–H groups in total. The van der Waals surface area contributed by atoms with Gasteiger partial charge in [-0.15, -0.1) is 11.8 Å². The molecule has 9 nitrogen and oxygen atoms in total. The molecule has 11 heteroatoms. The fourth-order valence-corrected chi connectivity index (χ4v) is 3.43. The molecule has 0 atom stereocenters. The van der Waals surface area contributed by atoms with Gasteiger partial charge >= 0.3 is 5.97 Å². The summed E-state index contributed by atoms with van der Waals surface area (Å²) in [6, 6.07) is 7.26. The van der Waals surface area contributed by atoms with Crippen LogP contribution in [0.15, 0.2) is 29.3 Å². The summed E-state index contributed by atoms with van der Waals surface area (Å²) in [5, 5.41) is 23.4. The molecule has 0 bridgehead atoms. The fraction of sp³-hybridized carbons (Fsp3) is 0.263. The van der Waals surface area contributed by atoms with Crippen molar-refractivity contribution in [2.24, 2.45) is 0 Å². The summed E-state index contributed by atoms with van der Waals surface area (Å²) < 4.78 is 5.05. The molecule has 3 rings (SSSR count). The predicted octanol–water partition coefficient (Wildman–Crippen LogP) is 3.91. The highest BCUT2D eigenvalue weighted by Crippen LogP contribution is 2.40. The minimum absolute atomic E-state index is 0.0454. The summed E-state index contributed by atoms with van der Waals surface area (Å²) in [4.78, 5) is 39.5. The summed E-state index contributed by atoms with van der Waals surface area (Å²) >= 11 is 6.99. The minimum atomic E-state index is -0.841. The topological polar surface area (TPSA) is 135 Å². The maximum absolute atomic E-state index is 12.5. The second-order valence-corrected chi connectivity index (χ2v) is 7.64. The average molecular weight is 447 g/mol. The van der Waals surface area contributed by atoms with Gasteiger partial charge in [-0.05, 0) is 37.3 Å². The van der Waals surface area contributed by atoms with E-state index in [9.17, 15) is 25.0 Å². The van der Waals surface area contributed by atoms with Crippen LogP contribution in [0.4, 0.5) is 11.4 Å². The molecule has 1 aromatic heterocycles. The van der Waals surface area contributed by atoms with E-state index in [-0.39, 0.29) is 33.4 Å². The van der Waals surface area contributed by atoms with Crippen LogP contribution in [0.1, 0.15) is 40.4 Å². The van der Waals surface area contributed by atoms with Crippen molar-refractivity contribution >= 4 is 46.6 Å². The lowest BCUT2D eigenvalue weighted by Gasteiger charge is -2.11. The van der Waals surface area contributed by atoms with Gasteiger partial charge in [-0.2, -0.15) is 5.26 Å². The van der Waals surface area contributed by atoms with Gasteiger partial charge in [-0.3, -0.25) is 14.9 Å². The predicted molar refractivity (Wildman–Crippen MR) is 110 cm³/mol. The fourth-order valence-electron chi connectivity index (χ4n) is 2.70. The first kappa shape index (κ1) is 21.5. The van der Waals surface area contributed by atoms with Crippen LogP contribution in [0.3, 0.4) is 0 Å². The molecule has 0 radical (unpaired) electrons. The van der Waals surface area contributed by atoms with Crippen LogP contribution >= 0.6 is 23.4 Å². The molecule has 154 valence electrons. The lowest BCUT2D eigenvalue weighted by atomic mass is 10.1. The lowest BCUT2D eigenvalue weighted by Crippen LogP contribution is -2.22. The van der Waals surface area contributed by atoms with E-state index in [1.54, 1.807) is 6.26 Å². The number of ether oxygens (including phenoxy) is 1. The van der Waals surface area contributed by atoms with Crippen LogP contribution in [0, 0.1) is 21.4 Å². The number of hydrogen-bond acceptors (Lipinski definition) is 8. The maximum Gasteiger partial charge on any atom is 0.340 e. The van der Waals surface area contributed by atoms with Crippen LogP contribution < -0.4 is 5.32 Å². The quantitative estimate of drug-likeness (QED) is 0.292. The third-order valence-electron chi connectivity index (χ3n) is 4.29. The van der Waals surface area contributed by atoms with Gasteiger partial charge in [0.15, 0.2) is 6.61 Å². The first-order valence-corrected chi connectivity index (χ1v) is 10.3. The number of aromatic nitrogens is 1. The number of nitrogens with one attached hydrogen (secondary N) is 1. The molecule has 1 aliphatic carbocycles. The number of halogens is 1. The van der Waals surface area contributed by atoms with E-state index in [1.807, 2.05) is 6.07 Å². The molecular formula is C19H15ClN4O5S. The number of carbonyl (C=O) groups excluding carboxylic acids is 2. The number of anilines is 1. The van der Waals surface area contributed by atoms with Crippen LogP contribution in [-0.2, 0) is 9.53 Å². The van der Waals surface area contributed by atoms with Gasteiger partial charge in [0.25, 0.3) is 11.6 Å². The van der Waals surface area contributed by atoms with Gasteiger partial charge in [0.05, 0.1) is 16.1 Å². The standard InChI is InChI=1S/C19H15ClN4O5S/c1-30-18-13(8-21)12(7-15(23-18)10-2-3-10)19(26)29-9-17(25)22-14-5-4-11(20)6-16(14)24(27)28/h4-7,10H,2-3,9H2,1H3,(H,22,25). The molecule has 1 saturated carbocycles. The number of carbonyl (C=O) groups is 2. The smallest absolute Gasteiger partial charge is 0.340 e. The highest BCUT2D eigenvalue weighted by Gasteiger charge is 2.29. The summed E-state index contributed by atoms with van der Waals surface area (Å²) in [5.74, 6) is -1.36. The number of nitriles is 1. The number of pyridine rings is 1. The first-order valence-electron chi connectivity index (χ1n) is 8.74. The van der Waals surface area contributed by atoms with Crippen molar-refractivity contribution in [2.45, 2.75) is 23.8 Å². The van der Waals surface area contributed by atoms with Crippen molar-refractivity contribution in [2.75, 3.05) is 18.2 Å². The number of hydrogen-bond donors (Lipinski definition) is 1. The third kappa shape index (κ3) is 4.87.